The normalized spacial score (nSPS) is 19.9. The van der Waals surface area contributed by atoms with Gasteiger partial charge in [0.15, 0.2) is 0 Å². The third-order valence-electron chi connectivity index (χ3n) is 6.63. The number of hydrogen-bond acceptors (Lipinski definition) is 3. The van der Waals surface area contributed by atoms with Gasteiger partial charge in [0.2, 0.25) is 0 Å². The molecule has 0 amide bonds. The predicted octanol–water partition coefficient (Wildman–Crippen LogP) is 5.00. The third kappa shape index (κ3) is 4.04. The lowest BCUT2D eigenvalue weighted by atomic mass is 9.71. The summed E-state index contributed by atoms with van der Waals surface area (Å²) in [5.41, 5.74) is -1.16. The lowest BCUT2D eigenvalue weighted by Gasteiger charge is -2.40. The minimum atomic E-state index is -1.48. The number of carboxylic acid groups (broad SMARTS) is 1. The Morgan fingerprint density at radius 3 is 2.16 bits per heavy atom. The highest BCUT2D eigenvalue weighted by Gasteiger charge is 2.43. The van der Waals surface area contributed by atoms with Crippen LogP contribution in [0.5, 0.6) is 0 Å². The maximum Gasteiger partial charge on any atom is 0.314 e. The number of carbonyl (C=O) groups is 1. The Hall–Kier alpha value is -3.42. The van der Waals surface area contributed by atoms with E-state index in [4.69, 9.17) is 6.85 Å². The van der Waals surface area contributed by atoms with Crippen LogP contribution in [0.1, 0.15) is 42.8 Å². The van der Waals surface area contributed by atoms with Gasteiger partial charge >= 0.3 is 5.97 Å². The van der Waals surface area contributed by atoms with E-state index in [0.29, 0.717) is 38.0 Å². The summed E-state index contributed by atoms with van der Waals surface area (Å²) in [4.78, 5) is 14.4. The molecule has 0 radical (unpaired) electrons. The van der Waals surface area contributed by atoms with Crippen LogP contribution in [0, 0.1) is 11.3 Å². The van der Waals surface area contributed by atoms with Crippen LogP contribution < -0.4 is 0 Å². The van der Waals surface area contributed by atoms with Crippen molar-refractivity contribution in [3.8, 4) is 6.07 Å². The maximum atomic E-state index is 12.3. The lowest BCUT2D eigenvalue weighted by molar-refractivity contribution is -0.146. The minimum absolute atomic E-state index is 0.0339. The summed E-state index contributed by atoms with van der Waals surface area (Å²) in [6, 6.07) is 18.1. The van der Waals surface area contributed by atoms with Crippen LogP contribution in [-0.4, -0.2) is 35.6 Å². The molecule has 0 spiro atoms. The van der Waals surface area contributed by atoms with Crippen LogP contribution in [-0.2, 0) is 15.6 Å². The van der Waals surface area contributed by atoms with Crippen LogP contribution in [0.25, 0.3) is 0 Å². The van der Waals surface area contributed by atoms with Gasteiger partial charge in [0.1, 0.15) is 5.41 Å². The number of carboxylic acids is 1. The van der Waals surface area contributed by atoms with Gasteiger partial charge in [-0.25, -0.2) is 0 Å². The standard InChI is InChI=1S/C28H28N2O2/c29-22-28(24-12-6-2-7-13-24,25-14-8-3-9-15-25)18-21-30-19-16-27(17-20-30,26(31)32)23-10-4-1-5-11-23/h1-15H,16-21H2,(H,31,32)/i2D,6D,7D,12D,13D. The molecule has 1 aliphatic rings. The summed E-state index contributed by atoms with van der Waals surface area (Å²) in [6.07, 6.45) is 1.00. The predicted molar refractivity (Wildman–Crippen MR) is 125 cm³/mol. The van der Waals surface area contributed by atoms with Gasteiger partial charge in [-0.15, -0.1) is 0 Å². The second-order valence-corrected chi connectivity index (χ2v) is 8.23. The molecule has 0 bridgehead atoms. The van der Waals surface area contributed by atoms with Crippen LogP contribution in [0.15, 0.2) is 90.9 Å². The molecule has 1 heterocycles. The summed E-state index contributed by atoms with van der Waals surface area (Å²) in [7, 11) is 0. The van der Waals surface area contributed by atoms with Gasteiger partial charge in [0, 0.05) is 6.54 Å². The highest BCUT2D eigenvalue weighted by molar-refractivity contribution is 5.81. The number of likely N-dealkylation sites (tertiary alicyclic amines) is 1. The van der Waals surface area contributed by atoms with Gasteiger partial charge in [0.25, 0.3) is 0 Å². The van der Waals surface area contributed by atoms with Gasteiger partial charge in [-0.3, -0.25) is 4.79 Å². The van der Waals surface area contributed by atoms with E-state index in [9.17, 15) is 15.2 Å². The zero-order chi connectivity index (χ0) is 26.8. The largest absolute Gasteiger partial charge is 0.481 e. The summed E-state index contributed by atoms with van der Waals surface area (Å²) >= 11 is 0. The molecule has 1 unspecified atom stereocenters. The number of aliphatic carboxylic acids is 1. The van der Waals surface area contributed by atoms with Gasteiger partial charge < -0.3 is 10.0 Å². The highest BCUT2D eigenvalue weighted by Crippen LogP contribution is 2.38. The van der Waals surface area contributed by atoms with Crippen LogP contribution >= 0.6 is 0 Å². The number of nitriles is 1. The Labute approximate surface area is 196 Å². The molecule has 162 valence electrons. The molecule has 0 saturated carbocycles. The first-order valence-corrected chi connectivity index (χ1v) is 10.7. The number of benzene rings is 3. The molecule has 4 heteroatoms. The Bertz CT molecular complexity index is 1310. The highest BCUT2D eigenvalue weighted by atomic mass is 16.4. The molecule has 1 saturated heterocycles. The molecule has 3 aromatic carbocycles. The lowest BCUT2D eigenvalue weighted by Crippen LogP contribution is -2.48. The molecule has 3 aromatic rings. The topological polar surface area (TPSA) is 64.3 Å². The molecule has 1 aliphatic heterocycles. The molecule has 1 fully saturated rings. The number of piperidine rings is 1. The fraction of sp³-hybridized carbons (Fsp3) is 0.286. The monoisotopic (exact) mass is 429 g/mol. The zero-order valence-corrected chi connectivity index (χ0v) is 17.8. The summed E-state index contributed by atoms with van der Waals surface area (Å²) in [5.74, 6) is -0.854. The van der Waals surface area contributed by atoms with Crippen LogP contribution in [0.2, 0.25) is 0 Å². The second kappa shape index (κ2) is 9.38. The smallest absolute Gasteiger partial charge is 0.314 e. The van der Waals surface area contributed by atoms with E-state index in [0.717, 1.165) is 5.56 Å². The van der Waals surface area contributed by atoms with E-state index in [1.807, 2.05) is 30.3 Å². The molecule has 1 N–H and O–H groups in total. The van der Waals surface area contributed by atoms with E-state index in [1.165, 1.54) is 0 Å². The van der Waals surface area contributed by atoms with Gasteiger partial charge in [-0.2, -0.15) is 5.26 Å². The van der Waals surface area contributed by atoms with E-state index >= 15 is 0 Å². The number of rotatable bonds is 7. The quantitative estimate of drug-likeness (QED) is 0.574. The van der Waals surface area contributed by atoms with Crippen molar-refractivity contribution in [3.05, 3.63) is 108 Å². The zero-order valence-electron chi connectivity index (χ0n) is 22.8. The Kier molecular flexibility index (Phi) is 4.76. The first-order chi connectivity index (χ1) is 17.7. The molecule has 0 aliphatic carbocycles. The number of hydrogen-bond donors (Lipinski definition) is 1. The summed E-state index contributed by atoms with van der Waals surface area (Å²) in [6.45, 7) is 1.39. The first kappa shape index (κ1) is 16.2. The van der Waals surface area contributed by atoms with E-state index in [2.05, 4.69) is 11.0 Å². The van der Waals surface area contributed by atoms with Crippen molar-refractivity contribution in [1.29, 1.82) is 5.26 Å². The van der Waals surface area contributed by atoms with Crippen LogP contribution in [0.3, 0.4) is 0 Å². The Morgan fingerprint density at radius 1 is 1.00 bits per heavy atom. The van der Waals surface area contributed by atoms with Gasteiger partial charge in [-0.05, 0) is 49.0 Å². The van der Waals surface area contributed by atoms with Crippen molar-refractivity contribution in [2.45, 2.75) is 30.1 Å². The average Bonchev–Trinajstić information content (AvgIpc) is 2.94. The fourth-order valence-corrected chi connectivity index (χ4v) is 4.64. The van der Waals surface area contributed by atoms with Crippen molar-refractivity contribution in [2.75, 3.05) is 19.6 Å². The van der Waals surface area contributed by atoms with Crippen molar-refractivity contribution >= 4 is 5.97 Å². The molecular formula is C28H28N2O2. The average molecular weight is 430 g/mol. The molecule has 4 rings (SSSR count). The maximum absolute atomic E-state index is 12.3. The Morgan fingerprint density at radius 2 is 1.59 bits per heavy atom. The third-order valence-corrected chi connectivity index (χ3v) is 6.63. The van der Waals surface area contributed by atoms with Crippen molar-refractivity contribution in [1.82, 2.24) is 4.90 Å². The van der Waals surface area contributed by atoms with Crippen molar-refractivity contribution < 1.29 is 16.8 Å². The molecule has 32 heavy (non-hydrogen) atoms. The summed E-state index contributed by atoms with van der Waals surface area (Å²) in [5, 5.41) is 20.6. The molecule has 4 nitrogen and oxygen atoms in total. The molecule has 1 atom stereocenters. The van der Waals surface area contributed by atoms with E-state index in [1.54, 1.807) is 30.3 Å². The Balaban J connectivity index is 1.67. The number of nitrogens with zero attached hydrogens (tertiary/aromatic N) is 2. The molecule has 0 aromatic heterocycles. The van der Waals surface area contributed by atoms with E-state index < -0.39 is 34.9 Å². The first-order valence-electron chi connectivity index (χ1n) is 13.2. The second-order valence-electron chi connectivity index (χ2n) is 8.23. The summed E-state index contributed by atoms with van der Waals surface area (Å²) < 4.78 is 41.4. The van der Waals surface area contributed by atoms with Crippen molar-refractivity contribution in [2.24, 2.45) is 0 Å². The SMILES string of the molecule is [2H]c1c([2H])c([2H])c(C(C#N)(CCN2CCC(C(=O)O)(c3ccccc3)CC2)c2ccccc2)c([2H])c1[2H]. The van der Waals surface area contributed by atoms with Crippen molar-refractivity contribution in [3.63, 3.8) is 0 Å². The minimum Gasteiger partial charge on any atom is -0.481 e. The van der Waals surface area contributed by atoms with Gasteiger partial charge in [0.05, 0.1) is 18.3 Å². The fourth-order valence-electron chi connectivity index (χ4n) is 4.64. The molecular weight excluding hydrogens is 396 g/mol. The van der Waals surface area contributed by atoms with Gasteiger partial charge in [-0.1, -0.05) is 90.9 Å². The van der Waals surface area contributed by atoms with Crippen LogP contribution in [0.4, 0.5) is 0 Å². The van der Waals surface area contributed by atoms with E-state index in [-0.39, 0.29) is 24.1 Å².